The van der Waals surface area contributed by atoms with Crippen LogP contribution >= 0.6 is 0 Å². The third kappa shape index (κ3) is 31.3. The molecule has 0 aliphatic heterocycles. The van der Waals surface area contributed by atoms with Gasteiger partial charge in [-0.15, -0.1) is 12.8 Å². The van der Waals surface area contributed by atoms with E-state index in [9.17, 15) is 0 Å². The van der Waals surface area contributed by atoms with E-state index in [4.69, 9.17) is 10.2 Å². The molecule has 0 saturated carbocycles. The summed E-state index contributed by atoms with van der Waals surface area (Å²) in [4.78, 5) is 0. The van der Waals surface area contributed by atoms with E-state index in [0.717, 1.165) is 27.1 Å². The Morgan fingerprint density at radius 2 is 1.24 bits per heavy atom. The molecule has 0 amide bonds. The second-order valence-corrected chi connectivity index (χ2v) is 3.20. The summed E-state index contributed by atoms with van der Waals surface area (Å²) in [5.74, 6) is 0. The quantitative estimate of drug-likeness (QED) is 0.484. The predicted molar refractivity (Wildman–Crippen MR) is 66.7 cm³/mol. The summed E-state index contributed by atoms with van der Waals surface area (Å²) in [6, 6.07) is 0. The van der Waals surface area contributed by atoms with Gasteiger partial charge in [0.15, 0.2) is 0 Å². The molecule has 0 heterocycles. The van der Waals surface area contributed by atoms with E-state index in [1.165, 1.54) is 0 Å². The summed E-state index contributed by atoms with van der Waals surface area (Å²) in [6.45, 7) is 2.00. The van der Waals surface area contributed by atoms with Gasteiger partial charge in [0, 0.05) is 0 Å². The molecule has 2 aliphatic carbocycles. The molecule has 0 radical (unpaired) electrons. The number of rotatable bonds is 0. The van der Waals surface area contributed by atoms with Crippen molar-refractivity contribution in [3.63, 3.8) is 0 Å². The average Bonchev–Trinajstić information content (AvgIpc) is 3.13. The molecule has 2 rings (SSSR count). The molecular weight excluding hydrogens is 248 g/mol. The van der Waals surface area contributed by atoms with Crippen molar-refractivity contribution in [2.24, 2.45) is 0 Å². The summed E-state index contributed by atoms with van der Waals surface area (Å²) >= 11 is 2.00. The summed E-state index contributed by atoms with van der Waals surface area (Å²) in [5, 5.41) is 16.5. The fourth-order valence-corrected chi connectivity index (χ4v) is 0.680. The number of hydrogen-bond donors (Lipinski definition) is 0. The first-order chi connectivity index (χ1) is 8.41. The fraction of sp³-hybridized carbons (Fsp3) is 0.357. The second kappa shape index (κ2) is 29.5. The largest absolute Gasteiger partial charge is 0.857 e. The Balaban J connectivity index is -0.000000155. The zero-order chi connectivity index (χ0) is 13.8. The van der Waals surface area contributed by atoms with Crippen molar-refractivity contribution in [2.45, 2.75) is 19.8 Å². The van der Waals surface area contributed by atoms with Gasteiger partial charge in [0.1, 0.15) is 0 Å². The number of allylic oxidation sites excluding steroid dienone is 8. The van der Waals surface area contributed by atoms with Gasteiger partial charge in [-0.1, -0.05) is 0 Å². The molecule has 0 unspecified atom stereocenters. The molecule has 0 aromatic rings. The molecule has 0 aromatic carbocycles. The summed E-state index contributed by atoms with van der Waals surface area (Å²) < 4.78 is 2.00. The zero-order valence-electron chi connectivity index (χ0n) is 10.8. The van der Waals surface area contributed by atoms with Crippen LogP contribution in [-0.4, -0.2) is 18.5 Å². The Labute approximate surface area is 117 Å². The molecule has 3 heteroatoms. The van der Waals surface area contributed by atoms with Gasteiger partial charge in [-0.3, -0.25) is 12.2 Å². The van der Waals surface area contributed by atoms with E-state index >= 15 is 0 Å². The minimum atomic E-state index is 0.750. The van der Waals surface area contributed by atoms with E-state index < -0.39 is 0 Å². The molecule has 94 valence electrons. The standard InChI is InChI=1S/2C5H5.C2H4.2CH3O.Ti/c2*1-2-4-5-3-1;3*1-2;/h2*1-3H,4H2;1H,2H3;2*1H3;/q2*-1;;2*-1;+2. The van der Waals surface area contributed by atoms with Crippen molar-refractivity contribution in [1.82, 2.24) is 0 Å². The van der Waals surface area contributed by atoms with Crippen molar-refractivity contribution in [3.8, 4) is 0 Å². The molecule has 0 fully saturated rings. The molecule has 2 nitrogen and oxygen atoms in total. The van der Waals surface area contributed by atoms with Crippen LogP contribution in [0.4, 0.5) is 0 Å². The van der Waals surface area contributed by atoms with Gasteiger partial charge in [0.25, 0.3) is 0 Å². The van der Waals surface area contributed by atoms with E-state index in [2.05, 4.69) is 24.3 Å². The molecule has 17 heavy (non-hydrogen) atoms. The topological polar surface area (TPSA) is 46.1 Å². The maximum atomic E-state index is 8.25. The second-order valence-electron chi connectivity index (χ2n) is 2.29. The van der Waals surface area contributed by atoms with Gasteiger partial charge in [-0.05, 0) is 0 Å². The first kappa shape index (κ1) is 21.7. The normalized spacial score (nSPS) is 11.9. The first-order valence-electron chi connectivity index (χ1n) is 5.12. The van der Waals surface area contributed by atoms with Crippen LogP contribution in [-0.2, 0) is 20.0 Å². The van der Waals surface area contributed by atoms with Crippen LogP contribution in [0.5, 0.6) is 0 Å². The third-order valence-electron chi connectivity index (χ3n) is 1.17. The molecule has 2 aliphatic rings. The Bertz CT molecular complexity index is 186. The predicted octanol–water partition coefficient (Wildman–Crippen LogP) is 0.920. The van der Waals surface area contributed by atoms with Crippen LogP contribution < -0.4 is 10.2 Å². The van der Waals surface area contributed by atoms with Crippen LogP contribution in [0.25, 0.3) is 0 Å². The van der Waals surface area contributed by atoms with Crippen LogP contribution in [0.2, 0.25) is 0 Å². The van der Waals surface area contributed by atoms with Crippen LogP contribution in [0.3, 0.4) is 0 Å². The van der Waals surface area contributed by atoms with Crippen molar-refractivity contribution in [3.05, 3.63) is 48.6 Å². The molecule has 0 saturated heterocycles. The van der Waals surface area contributed by atoms with E-state index in [1.54, 1.807) is 0 Å². The first-order valence-corrected chi connectivity index (χ1v) is 6.02. The van der Waals surface area contributed by atoms with Gasteiger partial charge in [0.05, 0.1) is 0 Å². The van der Waals surface area contributed by atoms with Gasteiger partial charge in [-0.2, -0.15) is 26.4 Å². The maximum Gasteiger partial charge on any atom is -0.109 e. The Morgan fingerprint density at radius 3 is 1.29 bits per heavy atom. The molecule has 0 N–H and O–H groups in total. The molecular formula is C14H20O2Ti-2. The van der Waals surface area contributed by atoms with E-state index in [-0.39, 0.29) is 0 Å². The van der Waals surface area contributed by atoms with Crippen LogP contribution in [0.15, 0.2) is 36.5 Å². The van der Waals surface area contributed by atoms with Crippen molar-refractivity contribution >= 4 is 4.31 Å². The summed E-state index contributed by atoms with van der Waals surface area (Å²) in [7, 11) is 1.50. The van der Waals surface area contributed by atoms with Crippen molar-refractivity contribution < 1.29 is 30.2 Å². The van der Waals surface area contributed by atoms with Gasteiger partial charge in [0.2, 0.25) is 0 Å². The van der Waals surface area contributed by atoms with Gasteiger partial charge >= 0.3 is 31.2 Å². The molecule has 0 aromatic heterocycles. The zero-order valence-corrected chi connectivity index (χ0v) is 12.3. The van der Waals surface area contributed by atoms with Crippen LogP contribution in [0.1, 0.15) is 19.8 Å². The third-order valence-corrected chi connectivity index (χ3v) is 1.17. The van der Waals surface area contributed by atoms with Gasteiger partial charge in [-0.25, -0.2) is 24.3 Å². The smallest absolute Gasteiger partial charge is 0.109 e. The Hall–Kier alpha value is -0.536. The SMILES string of the molecule is C[CH]=[Ti+2].C[O-].C[O-].[C-]1=CC=CC1.[C-]1=CC=CC1. The minimum absolute atomic E-state index is 0.750. The summed E-state index contributed by atoms with van der Waals surface area (Å²) in [5.41, 5.74) is 0. The fourth-order valence-electron chi connectivity index (χ4n) is 0.680. The van der Waals surface area contributed by atoms with E-state index in [1.807, 2.05) is 55.5 Å². The molecule has 0 bridgehead atoms. The Morgan fingerprint density at radius 1 is 0.941 bits per heavy atom. The molecule has 0 atom stereocenters. The Kier molecular flexibility index (Phi) is 37.7. The van der Waals surface area contributed by atoms with Crippen molar-refractivity contribution in [1.29, 1.82) is 0 Å². The van der Waals surface area contributed by atoms with Crippen molar-refractivity contribution in [2.75, 3.05) is 14.2 Å². The summed E-state index contributed by atoms with van der Waals surface area (Å²) in [6.07, 6.45) is 20.0. The van der Waals surface area contributed by atoms with Crippen LogP contribution in [0, 0.1) is 12.2 Å². The number of hydrogen-bond acceptors (Lipinski definition) is 2. The molecule has 0 spiro atoms. The monoisotopic (exact) mass is 268 g/mol. The van der Waals surface area contributed by atoms with Gasteiger partial charge < -0.3 is 10.2 Å². The van der Waals surface area contributed by atoms with E-state index in [0.29, 0.717) is 0 Å². The average molecular weight is 268 g/mol. The maximum absolute atomic E-state index is 8.25. The minimum Gasteiger partial charge on any atom is -0.857 e.